The summed E-state index contributed by atoms with van der Waals surface area (Å²) in [6.07, 6.45) is 0.921. The Bertz CT molecular complexity index is 730. The van der Waals surface area contributed by atoms with Crippen molar-refractivity contribution in [3.63, 3.8) is 0 Å². The maximum Gasteiger partial charge on any atom is 0.264 e. The second kappa shape index (κ2) is 7.08. The molecule has 0 aliphatic carbocycles. The molecule has 1 amide bonds. The van der Waals surface area contributed by atoms with Gasteiger partial charge in [0, 0.05) is 15.7 Å². The van der Waals surface area contributed by atoms with Crippen molar-refractivity contribution in [1.82, 2.24) is 5.32 Å². The van der Waals surface area contributed by atoms with Crippen LogP contribution in [0.15, 0.2) is 53.4 Å². The van der Waals surface area contributed by atoms with Crippen LogP contribution < -0.4 is 10.1 Å². The lowest BCUT2D eigenvalue weighted by molar-refractivity contribution is -0.135. The Hall–Kier alpha value is -1.65. The van der Waals surface area contributed by atoms with Gasteiger partial charge in [-0.25, -0.2) is 0 Å². The highest BCUT2D eigenvalue weighted by molar-refractivity contribution is 7.99. The summed E-state index contributed by atoms with van der Waals surface area (Å²) in [5.74, 6) is 1.50. The van der Waals surface area contributed by atoms with Crippen molar-refractivity contribution in [2.75, 3.05) is 5.75 Å². The van der Waals surface area contributed by atoms with Crippen molar-refractivity contribution >= 4 is 29.3 Å². The maximum absolute atomic E-state index is 12.7. The summed E-state index contributed by atoms with van der Waals surface area (Å²) in [4.78, 5) is 14.0. The van der Waals surface area contributed by atoms with Gasteiger partial charge in [0.15, 0.2) is 5.60 Å². The largest absolute Gasteiger partial charge is 0.478 e. The molecule has 3 nitrogen and oxygen atoms in total. The van der Waals surface area contributed by atoms with Gasteiger partial charge >= 0.3 is 0 Å². The van der Waals surface area contributed by atoms with Crippen LogP contribution >= 0.6 is 23.4 Å². The molecule has 0 saturated heterocycles. The third kappa shape index (κ3) is 3.87. The number of hydrogen-bond acceptors (Lipinski definition) is 3. The number of carbonyl (C=O) groups is 1. The molecule has 0 saturated carbocycles. The monoisotopic (exact) mass is 361 g/mol. The van der Waals surface area contributed by atoms with Gasteiger partial charge in [-0.15, -0.1) is 11.8 Å². The second-order valence-electron chi connectivity index (χ2n) is 6.27. The number of ether oxygens (including phenoxy) is 1. The smallest absolute Gasteiger partial charge is 0.264 e. The molecule has 3 rings (SSSR count). The van der Waals surface area contributed by atoms with Crippen LogP contribution in [0, 0.1) is 0 Å². The molecule has 1 heterocycles. The van der Waals surface area contributed by atoms with E-state index in [2.05, 4.69) is 17.4 Å². The molecule has 0 radical (unpaired) electrons. The maximum atomic E-state index is 12.7. The number of thioether (sulfide) groups is 1. The van der Waals surface area contributed by atoms with Gasteiger partial charge in [0.25, 0.3) is 5.91 Å². The van der Waals surface area contributed by atoms with Gasteiger partial charge in [-0.2, -0.15) is 0 Å². The first-order chi connectivity index (χ1) is 11.5. The highest BCUT2D eigenvalue weighted by Gasteiger charge is 2.33. The van der Waals surface area contributed by atoms with E-state index in [1.54, 1.807) is 38.1 Å². The highest BCUT2D eigenvalue weighted by atomic mass is 35.5. The van der Waals surface area contributed by atoms with Crippen molar-refractivity contribution in [2.45, 2.75) is 36.8 Å². The number of hydrogen-bond donors (Lipinski definition) is 1. The number of rotatable bonds is 4. The van der Waals surface area contributed by atoms with Gasteiger partial charge in [0.05, 0.1) is 6.04 Å². The minimum Gasteiger partial charge on any atom is -0.478 e. The van der Waals surface area contributed by atoms with E-state index in [-0.39, 0.29) is 11.9 Å². The van der Waals surface area contributed by atoms with Crippen LogP contribution in [0.1, 0.15) is 31.9 Å². The lowest BCUT2D eigenvalue weighted by atomic mass is 10.0. The molecule has 126 valence electrons. The predicted octanol–water partition coefficient (Wildman–Crippen LogP) is 4.85. The molecule has 1 aliphatic heterocycles. The zero-order valence-corrected chi connectivity index (χ0v) is 15.3. The Morgan fingerprint density at radius 1 is 1.21 bits per heavy atom. The molecular weight excluding hydrogens is 342 g/mol. The third-order valence-electron chi connectivity index (χ3n) is 4.00. The molecule has 0 fully saturated rings. The van der Waals surface area contributed by atoms with Crippen LogP contribution in [0.2, 0.25) is 5.02 Å². The van der Waals surface area contributed by atoms with E-state index < -0.39 is 5.60 Å². The molecular formula is C19H20ClNO2S. The van der Waals surface area contributed by atoms with E-state index in [9.17, 15) is 4.79 Å². The lowest BCUT2D eigenvalue weighted by Crippen LogP contribution is -2.48. The molecule has 1 N–H and O–H groups in total. The zero-order valence-electron chi connectivity index (χ0n) is 13.7. The van der Waals surface area contributed by atoms with Crippen molar-refractivity contribution in [1.29, 1.82) is 0 Å². The van der Waals surface area contributed by atoms with E-state index in [0.717, 1.165) is 12.2 Å². The normalized spacial score (nSPS) is 17.0. The topological polar surface area (TPSA) is 38.3 Å². The minimum absolute atomic E-state index is 0.0306. The van der Waals surface area contributed by atoms with E-state index >= 15 is 0 Å². The Morgan fingerprint density at radius 2 is 1.92 bits per heavy atom. The molecule has 0 unspecified atom stereocenters. The quantitative estimate of drug-likeness (QED) is 0.845. The average Bonchev–Trinajstić information content (AvgIpc) is 2.57. The first-order valence-corrected chi connectivity index (χ1v) is 9.29. The number of carbonyl (C=O) groups excluding carboxylic acids is 1. The van der Waals surface area contributed by atoms with Crippen molar-refractivity contribution in [3.8, 4) is 5.75 Å². The number of amides is 1. The molecule has 1 atom stereocenters. The van der Waals surface area contributed by atoms with Gasteiger partial charge < -0.3 is 10.1 Å². The Labute approximate surface area is 151 Å². The predicted molar refractivity (Wildman–Crippen MR) is 98.8 cm³/mol. The summed E-state index contributed by atoms with van der Waals surface area (Å²) in [5.41, 5.74) is 0.220. The second-order valence-corrected chi connectivity index (χ2v) is 7.84. The van der Waals surface area contributed by atoms with Crippen LogP contribution in [0.3, 0.4) is 0 Å². The van der Waals surface area contributed by atoms with Crippen LogP contribution in [0.5, 0.6) is 5.75 Å². The van der Waals surface area contributed by atoms with Crippen LogP contribution in [-0.2, 0) is 4.79 Å². The summed E-state index contributed by atoms with van der Waals surface area (Å²) < 4.78 is 5.87. The number of halogens is 1. The number of nitrogens with one attached hydrogen (secondary N) is 1. The van der Waals surface area contributed by atoms with Crippen molar-refractivity contribution in [2.24, 2.45) is 0 Å². The fourth-order valence-corrected chi connectivity index (χ4v) is 3.92. The van der Waals surface area contributed by atoms with Crippen LogP contribution in [0.4, 0.5) is 0 Å². The molecule has 0 bridgehead atoms. The summed E-state index contributed by atoms with van der Waals surface area (Å²) in [7, 11) is 0. The number of fused-ring (bicyclic) bond motifs is 1. The first-order valence-electron chi connectivity index (χ1n) is 7.93. The fraction of sp³-hybridized carbons (Fsp3) is 0.316. The van der Waals surface area contributed by atoms with E-state index in [1.165, 1.54) is 10.5 Å². The molecule has 5 heteroatoms. The van der Waals surface area contributed by atoms with Gasteiger partial charge in [0.1, 0.15) is 5.75 Å². The Morgan fingerprint density at radius 3 is 2.67 bits per heavy atom. The Balaban J connectivity index is 1.71. The van der Waals surface area contributed by atoms with Gasteiger partial charge in [-0.1, -0.05) is 29.8 Å². The summed E-state index contributed by atoms with van der Waals surface area (Å²) in [6, 6.07) is 15.3. The SMILES string of the molecule is CC(C)(Oc1ccc(Cl)cc1)C(=O)N[C@H]1CCSc2ccccc21. The summed E-state index contributed by atoms with van der Waals surface area (Å²) >= 11 is 7.72. The average molecular weight is 362 g/mol. The van der Waals surface area contributed by atoms with E-state index in [1.807, 2.05) is 23.9 Å². The van der Waals surface area contributed by atoms with Crippen LogP contribution in [-0.4, -0.2) is 17.3 Å². The third-order valence-corrected chi connectivity index (χ3v) is 5.37. The fourth-order valence-electron chi connectivity index (χ4n) is 2.67. The highest BCUT2D eigenvalue weighted by Crippen LogP contribution is 2.36. The molecule has 2 aromatic carbocycles. The lowest BCUT2D eigenvalue weighted by Gasteiger charge is -2.31. The van der Waals surface area contributed by atoms with Crippen molar-refractivity contribution < 1.29 is 9.53 Å². The van der Waals surface area contributed by atoms with Gasteiger partial charge in [0.2, 0.25) is 0 Å². The van der Waals surface area contributed by atoms with Crippen molar-refractivity contribution in [3.05, 3.63) is 59.1 Å². The summed E-state index contributed by atoms with van der Waals surface area (Å²) in [5, 5.41) is 3.78. The zero-order chi connectivity index (χ0) is 17.2. The van der Waals surface area contributed by atoms with Gasteiger partial charge in [-0.3, -0.25) is 4.79 Å². The van der Waals surface area contributed by atoms with Gasteiger partial charge in [-0.05, 0) is 56.2 Å². The molecule has 0 spiro atoms. The molecule has 24 heavy (non-hydrogen) atoms. The molecule has 1 aliphatic rings. The number of benzene rings is 2. The van der Waals surface area contributed by atoms with E-state index in [0.29, 0.717) is 10.8 Å². The van der Waals surface area contributed by atoms with E-state index in [4.69, 9.17) is 16.3 Å². The molecule has 0 aromatic heterocycles. The molecule has 2 aromatic rings. The van der Waals surface area contributed by atoms with Crippen LogP contribution in [0.25, 0.3) is 0 Å². The minimum atomic E-state index is -0.965. The Kier molecular flexibility index (Phi) is 5.07. The summed E-state index contributed by atoms with van der Waals surface area (Å²) in [6.45, 7) is 3.56. The first kappa shape index (κ1) is 17.2. The standard InChI is InChI=1S/C19H20ClNO2S/c1-19(2,23-14-9-7-13(20)8-10-14)18(22)21-16-11-12-24-17-6-4-3-5-15(16)17/h3-10,16H,11-12H2,1-2H3,(H,21,22)/t16-/m0/s1.